The van der Waals surface area contributed by atoms with Crippen molar-refractivity contribution in [1.29, 1.82) is 0 Å². The minimum Gasteiger partial charge on any atom is -0.744 e. The Morgan fingerprint density at radius 2 is 1.57 bits per heavy atom. The molecule has 14 nitrogen and oxygen atoms in total. The van der Waals surface area contributed by atoms with Crippen LogP contribution in [0.4, 0.5) is 17.3 Å². The van der Waals surface area contributed by atoms with Crippen LogP contribution in [0.15, 0.2) is 94.7 Å². The van der Waals surface area contributed by atoms with Crippen LogP contribution in [-0.2, 0) is 46.0 Å². The van der Waals surface area contributed by atoms with Gasteiger partial charge >= 0.3 is 29.4 Å². The second-order valence-corrected chi connectivity index (χ2v) is 11.7. The van der Waals surface area contributed by atoms with Crippen molar-refractivity contribution in [2.24, 2.45) is 0 Å². The first kappa shape index (κ1) is 33.2. The van der Waals surface area contributed by atoms with E-state index in [0.29, 0.717) is 16.9 Å². The highest BCUT2D eigenvalue weighted by Crippen LogP contribution is 2.48. The summed E-state index contributed by atoms with van der Waals surface area (Å²) in [6, 6.07) is 22.4. The molecule has 1 aromatic heterocycles. The van der Waals surface area contributed by atoms with E-state index in [1.54, 1.807) is 64.1 Å². The third-order valence-electron chi connectivity index (χ3n) is 8.13. The number of ether oxygens (including phenoxy) is 4. The van der Waals surface area contributed by atoms with E-state index in [2.05, 4.69) is 0 Å². The standard InChI is InChI=1S/C34H30N4O10S/c1-19(39)45-18-26(46-20(2)40)29-30(47-21(3)41)28-32(48-29)35(24-14-16-25(17-15-24)38(43)44)34-36(23-12-8-5-9-13-23)33(49)27(31(42)37(28)34)22-10-6-4-7-11-22/h4-17,26,28-30,32H,18H2,1-3H3/t26-,28-,29-,30-,32+/m1/s1. The molecule has 0 aliphatic carbocycles. The number of benzene rings is 3. The van der Waals surface area contributed by atoms with E-state index in [0.717, 1.165) is 0 Å². The Bertz CT molecular complexity index is 1990. The zero-order valence-corrected chi connectivity index (χ0v) is 27.3. The molecule has 2 aliphatic rings. The molecule has 1 fully saturated rings. The SMILES string of the molecule is CC(=O)OC[C@@H](OC(C)=O)[C@H]1O[C@H]2[C@@H]([C@H]1OC(C)=O)n1c([n+](-c3ccccc3)c([S-])c(-c3ccccc3)c1=O)N2c1ccc([N+](=O)[O-])cc1. The predicted octanol–water partition coefficient (Wildman–Crippen LogP) is 3.45. The average Bonchev–Trinajstić information content (AvgIpc) is 3.58. The van der Waals surface area contributed by atoms with E-state index in [-0.39, 0.29) is 22.2 Å². The molecule has 0 radical (unpaired) electrons. The van der Waals surface area contributed by atoms with Gasteiger partial charge in [-0.05, 0) is 34.9 Å². The normalized spacial score (nSPS) is 19.8. The summed E-state index contributed by atoms with van der Waals surface area (Å²) >= 11 is 6.05. The number of hydrogen-bond donors (Lipinski definition) is 0. The van der Waals surface area contributed by atoms with Gasteiger partial charge in [0.25, 0.3) is 5.69 Å². The number of nitrogens with zero attached hydrogens (tertiary/aromatic N) is 4. The van der Waals surface area contributed by atoms with Gasteiger partial charge in [0, 0.05) is 32.9 Å². The number of para-hydroxylation sites is 1. The van der Waals surface area contributed by atoms with Crippen LogP contribution in [0.2, 0.25) is 0 Å². The van der Waals surface area contributed by atoms with Crippen molar-refractivity contribution >= 4 is 47.9 Å². The first-order chi connectivity index (χ1) is 23.5. The monoisotopic (exact) mass is 686 g/mol. The van der Waals surface area contributed by atoms with Gasteiger partial charge in [-0.15, -0.1) is 0 Å². The number of aromatic nitrogens is 2. The van der Waals surface area contributed by atoms with E-state index in [1.165, 1.54) is 49.6 Å². The highest BCUT2D eigenvalue weighted by Gasteiger charge is 2.64. The number of nitro benzene ring substituents is 1. The summed E-state index contributed by atoms with van der Waals surface area (Å²) < 4.78 is 26.3. The predicted molar refractivity (Wildman–Crippen MR) is 174 cm³/mol. The van der Waals surface area contributed by atoms with Gasteiger partial charge < -0.3 is 31.6 Å². The minimum atomic E-state index is -1.26. The topological polar surface area (TPSA) is 160 Å². The largest absolute Gasteiger partial charge is 0.744 e. The number of nitro groups is 1. The summed E-state index contributed by atoms with van der Waals surface area (Å²) in [5, 5.41) is 11.7. The zero-order valence-electron chi connectivity index (χ0n) is 26.5. The van der Waals surface area contributed by atoms with Crippen molar-refractivity contribution in [1.82, 2.24) is 4.57 Å². The number of hydrogen-bond acceptors (Lipinski definition) is 12. The molecule has 6 rings (SSSR count). The summed E-state index contributed by atoms with van der Waals surface area (Å²) in [7, 11) is 0. The van der Waals surface area contributed by atoms with Crippen LogP contribution in [0.3, 0.4) is 0 Å². The Balaban J connectivity index is 1.67. The number of carbonyl (C=O) groups is 3. The lowest BCUT2D eigenvalue weighted by Gasteiger charge is -2.29. The van der Waals surface area contributed by atoms with E-state index in [4.69, 9.17) is 31.6 Å². The fourth-order valence-electron chi connectivity index (χ4n) is 6.28. The van der Waals surface area contributed by atoms with Crippen LogP contribution in [0.1, 0.15) is 26.8 Å². The molecular formula is C34H30N4O10S. The van der Waals surface area contributed by atoms with Crippen LogP contribution in [0, 0.1) is 10.1 Å². The fourth-order valence-corrected chi connectivity index (χ4v) is 6.67. The molecule has 0 amide bonds. The van der Waals surface area contributed by atoms with Crippen LogP contribution in [0.5, 0.6) is 0 Å². The van der Waals surface area contributed by atoms with Crippen molar-refractivity contribution in [2.75, 3.05) is 11.5 Å². The number of esters is 3. The summed E-state index contributed by atoms with van der Waals surface area (Å²) in [4.78, 5) is 64.2. The molecule has 15 heteroatoms. The minimum absolute atomic E-state index is 0.171. The summed E-state index contributed by atoms with van der Waals surface area (Å²) in [6.45, 7) is 3.11. The molecule has 3 heterocycles. The van der Waals surface area contributed by atoms with Crippen molar-refractivity contribution in [2.45, 2.75) is 56.4 Å². The fraction of sp³-hybridized carbons (Fsp3) is 0.265. The van der Waals surface area contributed by atoms with E-state index < -0.39 is 65.6 Å². The summed E-state index contributed by atoms with van der Waals surface area (Å²) in [5.41, 5.74) is 1.00. The molecule has 1 saturated heterocycles. The van der Waals surface area contributed by atoms with Gasteiger partial charge in [0.15, 0.2) is 18.2 Å². The summed E-state index contributed by atoms with van der Waals surface area (Å²) in [5.74, 6) is -1.85. The molecule has 0 bridgehead atoms. The average molecular weight is 687 g/mol. The van der Waals surface area contributed by atoms with Gasteiger partial charge in [-0.1, -0.05) is 48.5 Å². The highest BCUT2D eigenvalue weighted by molar-refractivity contribution is 7.58. The van der Waals surface area contributed by atoms with Crippen molar-refractivity contribution in [3.63, 3.8) is 0 Å². The second-order valence-electron chi connectivity index (χ2n) is 11.3. The Kier molecular flexibility index (Phi) is 9.12. The van der Waals surface area contributed by atoms with Crippen molar-refractivity contribution in [3.05, 3.63) is 105 Å². The third-order valence-corrected chi connectivity index (χ3v) is 8.52. The Labute approximate surface area is 284 Å². The van der Waals surface area contributed by atoms with Crippen molar-refractivity contribution < 1.29 is 42.8 Å². The molecule has 0 saturated carbocycles. The quantitative estimate of drug-likeness (QED) is 0.0481. The molecule has 0 unspecified atom stereocenters. The van der Waals surface area contributed by atoms with Crippen LogP contribution < -0.4 is 15.0 Å². The Hall–Kier alpha value is -5.67. The van der Waals surface area contributed by atoms with Gasteiger partial charge in [0.05, 0.1) is 10.5 Å². The Morgan fingerprint density at radius 3 is 2.14 bits per heavy atom. The number of anilines is 2. The lowest BCUT2D eigenvalue weighted by molar-refractivity contribution is -0.625. The first-order valence-corrected chi connectivity index (χ1v) is 15.6. The van der Waals surface area contributed by atoms with Crippen molar-refractivity contribution in [3.8, 4) is 16.8 Å². The van der Waals surface area contributed by atoms with Gasteiger partial charge in [-0.25, -0.2) is 9.47 Å². The van der Waals surface area contributed by atoms with Gasteiger partial charge in [-0.3, -0.25) is 29.3 Å². The zero-order chi connectivity index (χ0) is 35.0. The van der Waals surface area contributed by atoms with Crippen LogP contribution in [0.25, 0.3) is 16.8 Å². The van der Waals surface area contributed by atoms with E-state index in [9.17, 15) is 29.3 Å². The van der Waals surface area contributed by atoms with Gasteiger partial charge in [0.1, 0.15) is 24.1 Å². The molecule has 0 spiro atoms. The number of fused-ring (bicyclic) bond motifs is 3. The molecule has 5 atom stereocenters. The van der Waals surface area contributed by atoms with E-state index >= 15 is 0 Å². The number of carbonyl (C=O) groups excluding carboxylic acids is 3. The lowest BCUT2D eigenvalue weighted by Crippen LogP contribution is -2.49. The van der Waals surface area contributed by atoms with Crippen LogP contribution >= 0.6 is 0 Å². The second kappa shape index (κ2) is 13.4. The highest BCUT2D eigenvalue weighted by atomic mass is 32.1. The summed E-state index contributed by atoms with van der Waals surface area (Å²) in [6.07, 6.45) is -4.85. The molecular weight excluding hydrogens is 656 g/mol. The number of non-ortho nitro benzene ring substituents is 1. The molecule has 0 N–H and O–H groups in total. The first-order valence-electron chi connectivity index (χ1n) is 15.2. The number of rotatable bonds is 9. The molecule has 49 heavy (non-hydrogen) atoms. The van der Waals surface area contributed by atoms with E-state index in [1.807, 2.05) is 6.07 Å². The molecule has 4 aromatic rings. The van der Waals surface area contributed by atoms with Gasteiger partial charge in [0.2, 0.25) is 6.23 Å². The maximum absolute atomic E-state index is 14.8. The molecule has 3 aromatic carbocycles. The third kappa shape index (κ3) is 6.21. The smallest absolute Gasteiger partial charge is 0.374 e. The van der Waals surface area contributed by atoms with Crippen LogP contribution in [-0.4, -0.2) is 58.5 Å². The van der Waals surface area contributed by atoms with Gasteiger partial charge in [-0.2, -0.15) is 4.57 Å². The lowest BCUT2D eigenvalue weighted by atomic mass is 10.0. The molecule has 2 aliphatic heterocycles. The maximum atomic E-state index is 14.8. The molecule has 252 valence electrons. The maximum Gasteiger partial charge on any atom is 0.374 e. The Morgan fingerprint density at radius 1 is 0.939 bits per heavy atom.